The highest BCUT2D eigenvalue weighted by Gasteiger charge is 2.38. The summed E-state index contributed by atoms with van der Waals surface area (Å²) in [7, 11) is 0. The van der Waals surface area contributed by atoms with Crippen molar-refractivity contribution in [1.82, 2.24) is 4.98 Å². The van der Waals surface area contributed by atoms with Crippen molar-refractivity contribution in [2.45, 2.75) is 19.3 Å². The fourth-order valence-corrected chi connectivity index (χ4v) is 7.28. The van der Waals surface area contributed by atoms with Crippen LogP contribution in [0.25, 0.3) is 55.6 Å². The molecule has 0 bridgehead atoms. The summed E-state index contributed by atoms with van der Waals surface area (Å²) >= 11 is 0. The molecule has 1 aliphatic carbocycles. The number of fused-ring (bicyclic) bond motifs is 5. The molecule has 0 spiro atoms. The number of hydrogen-bond donors (Lipinski definition) is 0. The van der Waals surface area contributed by atoms with Gasteiger partial charge in [-0.25, -0.2) is 4.98 Å². The second kappa shape index (κ2) is 10.6. The first kappa shape index (κ1) is 27.4. The first-order valence-corrected chi connectivity index (χ1v) is 16.1. The second-order valence-corrected chi connectivity index (χ2v) is 12.8. The zero-order valence-corrected chi connectivity index (χ0v) is 26.3. The molecular formula is C44H32N2O. The Kier molecular flexibility index (Phi) is 6.16. The summed E-state index contributed by atoms with van der Waals surface area (Å²) in [5, 5.41) is 2.51. The summed E-state index contributed by atoms with van der Waals surface area (Å²) in [6, 6.07) is 56.1. The zero-order chi connectivity index (χ0) is 31.5. The van der Waals surface area contributed by atoms with Gasteiger partial charge in [0.05, 0.1) is 0 Å². The molecule has 0 N–H and O–H groups in total. The maximum Gasteiger partial charge on any atom is 0.227 e. The van der Waals surface area contributed by atoms with E-state index in [4.69, 9.17) is 9.40 Å². The van der Waals surface area contributed by atoms with Crippen LogP contribution in [0, 0.1) is 0 Å². The number of benzene rings is 7. The van der Waals surface area contributed by atoms with Crippen molar-refractivity contribution in [2.75, 3.05) is 4.90 Å². The molecule has 0 atom stereocenters. The highest BCUT2D eigenvalue weighted by molar-refractivity contribution is 5.94. The summed E-state index contributed by atoms with van der Waals surface area (Å²) in [4.78, 5) is 7.23. The summed E-state index contributed by atoms with van der Waals surface area (Å²) in [6.45, 7) is 4.64. The van der Waals surface area contributed by atoms with Gasteiger partial charge < -0.3 is 9.32 Å². The van der Waals surface area contributed by atoms with Gasteiger partial charge in [-0.15, -0.1) is 0 Å². The van der Waals surface area contributed by atoms with Crippen molar-refractivity contribution < 1.29 is 4.42 Å². The molecule has 0 saturated carbocycles. The molecule has 1 aliphatic rings. The zero-order valence-electron chi connectivity index (χ0n) is 26.3. The van der Waals surface area contributed by atoms with E-state index in [2.05, 4.69) is 152 Å². The lowest BCUT2D eigenvalue weighted by Crippen LogP contribution is -2.16. The third-order valence-electron chi connectivity index (χ3n) is 9.69. The van der Waals surface area contributed by atoms with Gasteiger partial charge in [0.15, 0.2) is 5.58 Å². The lowest BCUT2D eigenvalue weighted by atomic mass is 9.82. The van der Waals surface area contributed by atoms with E-state index in [0.29, 0.717) is 5.89 Å². The Morgan fingerprint density at radius 3 is 2.04 bits per heavy atom. The van der Waals surface area contributed by atoms with Crippen LogP contribution in [0.4, 0.5) is 17.1 Å². The van der Waals surface area contributed by atoms with Crippen LogP contribution >= 0.6 is 0 Å². The minimum atomic E-state index is -0.203. The summed E-state index contributed by atoms with van der Waals surface area (Å²) in [5.41, 5.74) is 13.3. The minimum Gasteiger partial charge on any atom is -0.436 e. The Labute approximate surface area is 274 Å². The van der Waals surface area contributed by atoms with Gasteiger partial charge in [0.25, 0.3) is 0 Å². The standard InChI is InChI=1S/C44H32N2O/c1-44(2)38-16-10-15-37(43-45-40-17-8-9-18-41(40)47-43)42(38)36-26-25-35(28-39(36)44)46(33-13-4-3-5-14-33)34-23-21-30(22-24-34)32-20-19-29-11-6-7-12-31(29)27-32/h3-28H,1-2H3. The molecule has 9 rings (SSSR count). The number of rotatable bonds is 5. The lowest BCUT2D eigenvalue weighted by Gasteiger charge is -2.28. The molecule has 3 nitrogen and oxygen atoms in total. The molecule has 3 heteroatoms. The highest BCUT2D eigenvalue weighted by Crippen LogP contribution is 2.53. The van der Waals surface area contributed by atoms with E-state index in [1.165, 1.54) is 44.2 Å². The third-order valence-corrected chi connectivity index (χ3v) is 9.69. The van der Waals surface area contributed by atoms with Crippen LogP contribution in [0.5, 0.6) is 0 Å². The van der Waals surface area contributed by atoms with Crippen molar-refractivity contribution in [1.29, 1.82) is 0 Å². The number of para-hydroxylation sites is 3. The van der Waals surface area contributed by atoms with Crippen molar-refractivity contribution in [3.63, 3.8) is 0 Å². The Morgan fingerprint density at radius 1 is 0.511 bits per heavy atom. The normalized spacial score (nSPS) is 13.1. The van der Waals surface area contributed by atoms with Crippen molar-refractivity contribution in [3.05, 3.63) is 169 Å². The molecule has 224 valence electrons. The van der Waals surface area contributed by atoms with Crippen LogP contribution in [-0.4, -0.2) is 4.98 Å². The first-order valence-electron chi connectivity index (χ1n) is 16.1. The second-order valence-electron chi connectivity index (χ2n) is 12.8. The van der Waals surface area contributed by atoms with Gasteiger partial charge in [0, 0.05) is 28.0 Å². The van der Waals surface area contributed by atoms with Crippen molar-refractivity contribution in [2.24, 2.45) is 0 Å². The maximum absolute atomic E-state index is 6.28. The van der Waals surface area contributed by atoms with Crippen LogP contribution in [0.2, 0.25) is 0 Å². The maximum atomic E-state index is 6.28. The highest BCUT2D eigenvalue weighted by atomic mass is 16.3. The van der Waals surface area contributed by atoms with Crippen LogP contribution in [0.3, 0.4) is 0 Å². The van der Waals surface area contributed by atoms with Gasteiger partial charge in [0.2, 0.25) is 5.89 Å². The van der Waals surface area contributed by atoms with E-state index in [0.717, 1.165) is 33.7 Å². The smallest absolute Gasteiger partial charge is 0.227 e. The molecule has 47 heavy (non-hydrogen) atoms. The molecule has 0 saturated heterocycles. The van der Waals surface area contributed by atoms with Gasteiger partial charge in [0.1, 0.15) is 5.52 Å². The molecule has 1 aromatic heterocycles. The van der Waals surface area contributed by atoms with Crippen LogP contribution in [-0.2, 0) is 5.41 Å². The number of aromatic nitrogens is 1. The molecule has 0 amide bonds. The van der Waals surface area contributed by atoms with E-state index in [1.54, 1.807) is 0 Å². The lowest BCUT2D eigenvalue weighted by molar-refractivity contribution is 0.619. The molecular weight excluding hydrogens is 572 g/mol. The number of anilines is 3. The minimum absolute atomic E-state index is 0.203. The van der Waals surface area contributed by atoms with Gasteiger partial charge in [-0.05, 0) is 105 Å². The number of nitrogens with zero attached hydrogens (tertiary/aromatic N) is 2. The van der Waals surface area contributed by atoms with E-state index >= 15 is 0 Å². The molecule has 0 radical (unpaired) electrons. The summed E-state index contributed by atoms with van der Waals surface area (Å²) in [5.74, 6) is 0.660. The van der Waals surface area contributed by atoms with Crippen LogP contribution in [0.1, 0.15) is 25.0 Å². The summed E-state index contributed by atoms with van der Waals surface area (Å²) < 4.78 is 6.28. The Balaban J connectivity index is 1.15. The van der Waals surface area contributed by atoms with Gasteiger partial charge in [-0.1, -0.05) is 111 Å². The van der Waals surface area contributed by atoms with Crippen LogP contribution in [0.15, 0.2) is 162 Å². The van der Waals surface area contributed by atoms with Crippen molar-refractivity contribution in [3.8, 4) is 33.7 Å². The van der Waals surface area contributed by atoms with E-state index in [9.17, 15) is 0 Å². The molecule has 7 aromatic carbocycles. The predicted octanol–water partition coefficient (Wildman–Crippen LogP) is 12.1. The Bertz CT molecular complexity index is 2400. The fourth-order valence-electron chi connectivity index (χ4n) is 7.28. The topological polar surface area (TPSA) is 29.3 Å². The molecule has 8 aromatic rings. The molecule has 0 fully saturated rings. The Hall–Kier alpha value is -5.93. The SMILES string of the molecule is CC1(C)c2cc(N(c3ccccc3)c3ccc(-c4ccc5ccccc5c4)cc3)ccc2-c2c(-c3nc4ccccc4o3)cccc21. The number of hydrogen-bond acceptors (Lipinski definition) is 3. The Morgan fingerprint density at radius 2 is 1.21 bits per heavy atom. The molecule has 1 heterocycles. The van der Waals surface area contributed by atoms with E-state index in [-0.39, 0.29) is 5.41 Å². The molecule has 0 unspecified atom stereocenters. The average molecular weight is 605 g/mol. The van der Waals surface area contributed by atoms with Gasteiger partial charge in [-0.3, -0.25) is 0 Å². The predicted molar refractivity (Wildman–Crippen MR) is 195 cm³/mol. The fraction of sp³-hybridized carbons (Fsp3) is 0.0682. The first-order chi connectivity index (χ1) is 23.0. The molecule has 0 aliphatic heterocycles. The number of oxazole rings is 1. The third kappa shape index (κ3) is 4.46. The largest absolute Gasteiger partial charge is 0.436 e. The van der Waals surface area contributed by atoms with Gasteiger partial charge in [-0.2, -0.15) is 0 Å². The summed E-state index contributed by atoms with van der Waals surface area (Å²) in [6.07, 6.45) is 0. The quantitative estimate of drug-likeness (QED) is 0.196. The van der Waals surface area contributed by atoms with E-state index in [1.807, 2.05) is 24.3 Å². The van der Waals surface area contributed by atoms with Gasteiger partial charge >= 0.3 is 0 Å². The average Bonchev–Trinajstić information content (AvgIpc) is 3.65. The van der Waals surface area contributed by atoms with Crippen molar-refractivity contribution >= 4 is 38.9 Å². The van der Waals surface area contributed by atoms with E-state index < -0.39 is 0 Å². The van der Waals surface area contributed by atoms with Crippen LogP contribution < -0.4 is 4.90 Å². The monoisotopic (exact) mass is 604 g/mol.